The van der Waals surface area contributed by atoms with Crippen LogP contribution in [0.4, 0.5) is 0 Å². The molecule has 0 radical (unpaired) electrons. The zero-order valence-corrected chi connectivity index (χ0v) is 28.8. The van der Waals surface area contributed by atoms with Crippen LogP contribution in [0.5, 0.6) is 0 Å². The fraction of sp³-hybridized carbons (Fsp3) is 0.629. The minimum absolute atomic E-state index is 0.0106. The molecule has 2 aliphatic rings. The van der Waals surface area contributed by atoms with E-state index in [0.29, 0.717) is 37.5 Å². The van der Waals surface area contributed by atoms with E-state index in [4.69, 9.17) is 10.00 Å². The lowest BCUT2D eigenvalue weighted by Crippen LogP contribution is -2.55. The molecule has 0 spiro atoms. The van der Waals surface area contributed by atoms with Gasteiger partial charge in [0.2, 0.25) is 11.8 Å². The predicted octanol–water partition coefficient (Wildman–Crippen LogP) is 4.26. The molecule has 0 bridgehead atoms. The Kier molecular flexibility index (Phi) is 13.1. The molecule has 2 fully saturated rings. The minimum atomic E-state index is -0.676. The van der Waals surface area contributed by atoms with Crippen molar-refractivity contribution in [3.63, 3.8) is 0 Å². The van der Waals surface area contributed by atoms with Crippen LogP contribution >= 0.6 is 11.8 Å². The summed E-state index contributed by atoms with van der Waals surface area (Å²) in [5.74, 6) is 0.854. The van der Waals surface area contributed by atoms with Gasteiger partial charge in [-0.1, -0.05) is 38.8 Å². The monoisotopic (exact) mass is 650 g/mol. The second kappa shape index (κ2) is 17.0. The molecule has 46 heavy (non-hydrogen) atoms. The molecule has 10 nitrogen and oxygen atoms in total. The van der Waals surface area contributed by atoms with Crippen molar-refractivity contribution in [1.82, 2.24) is 24.7 Å². The largest absolute Gasteiger partial charge is 0.461 e. The third-order valence-electron chi connectivity index (χ3n) is 9.50. The SMILES string of the molecule is CC[C@H]1CCN(C[C@@H]2[C@@H](CC)CCN2C(=O)Cc2cncn2Cc2ccc(C#N)cc2)[C@@H]1C(=O)N[C@@H](CCSC)C(=O)OC(C)C. The van der Waals surface area contributed by atoms with Gasteiger partial charge in [-0.05, 0) is 81.2 Å². The van der Waals surface area contributed by atoms with E-state index in [2.05, 4.69) is 35.1 Å². The molecular weight excluding hydrogens is 600 g/mol. The summed E-state index contributed by atoms with van der Waals surface area (Å²) in [6.45, 7) is 10.6. The Hall–Kier alpha value is -3.36. The van der Waals surface area contributed by atoms with Gasteiger partial charge in [-0.3, -0.25) is 14.5 Å². The van der Waals surface area contributed by atoms with E-state index >= 15 is 0 Å². The summed E-state index contributed by atoms with van der Waals surface area (Å²) < 4.78 is 7.48. The number of ether oxygens (including phenoxy) is 1. The number of carbonyl (C=O) groups excluding carboxylic acids is 3. The van der Waals surface area contributed by atoms with Crippen molar-refractivity contribution < 1.29 is 19.1 Å². The minimum Gasteiger partial charge on any atom is -0.461 e. The number of hydrogen-bond donors (Lipinski definition) is 1. The number of nitrogens with zero attached hydrogens (tertiary/aromatic N) is 5. The number of esters is 1. The number of amides is 2. The number of nitrogens with one attached hydrogen (secondary N) is 1. The first-order valence-electron chi connectivity index (χ1n) is 16.7. The van der Waals surface area contributed by atoms with Crippen LogP contribution in [0.3, 0.4) is 0 Å². The van der Waals surface area contributed by atoms with E-state index in [-0.39, 0.29) is 48.3 Å². The van der Waals surface area contributed by atoms with Crippen molar-refractivity contribution in [1.29, 1.82) is 5.26 Å². The lowest BCUT2D eigenvalue weighted by molar-refractivity contribution is -0.152. The molecule has 0 unspecified atom stereocenters. The third kappa shape index (κ3) is 8.91. The normalized spacial score (nSPS) is 22.2. The summed E-state index contributed by atoms with van der Waals surface area (Å²) in [6.07, 6.45) is 9.70. The number of aromatic nitrogens is 2. The molecule has 5 atom stereocenters. The van der Waals surface area contributed by atoms with Gasteiger partial charge in [-0.25, -0.2) is 9.78 Å². The summed E-state index contributed by atoms with van der Waals surface area (Å²) in [5, 5.41) is 12.2. The van der Waals surface area contributed by atoms with Crippen LogP contribution in [0.15, 0.2) is 36.8 Å². The molecule has 1 aromatic carbocycles. The van der Waals surface area contributed by atoms with Crippen LogP contribution < -0.4 is 5.32 Å². The second-order valence-electron chi connectivity index (χ2n) is 12.8. The first-order chi connectivity index (χ1) is 22.2. The van der Waals surface area contributed by atoms with Crippen LogP contribution in [0, 0.1) is 23.2 Å². The molecule has 2 aliphatic heterocycles. The molecule has 2 saturated heterocycles. The third-order valence-corrected chi connectivity index (χ3v) is 10.1. The summed E-state index contributed by atoms with van der Waals surface area (Å²) in [5.41, 5.74) is 2.50. The highest BCUT2D eigenvalue weighted by molar-refractivity contribution is 7.98. The average Bonchev–Trinajstić information content (AvgIpc) is 3.77. The Labute approximate surface area is 278 Å². The van der Waals surface area contributed by atoms with Gasteiger partial charge >= 0.3 is 5.97 Å². The van der Waals surface area contributed by atoms with Gasteiger partial charge in [0.05, 0.1) is 36.5 Å². The van der Waals surface area contributed by atoms with Crippen molar-refractivity contribution in [3.8, 4) is 6.07 Å². The molecule has 3 heterocycles. The van der Waals surface area contributed by atoms with Gasteiger partial charge in [0, 0.05) is 37.6 Å². The number of thioether (sulfide) groups is 1. The number of hydrogen-bond acceptors (Lipinski definition) is 8. The van der Waals surface area contributed by atoms with E-state index in [1.54, 1.807) is 36.4 Å². The second-order valence-corrected chi connectivity index (χ2v) is 13.8. The molecule has 0 saturated carbocycles. The van der Waals surface area contributed by atoms with E-state index in [1.165, 1.54) is 0 Å². The summed E-state index contributed by atoms with van der Waals surface area (Å²) in [7, 11) is 0. The number of benzene rings is 1. The summed E-state index contributed by atoms with van der Waals surface area (Å²) in [4.78, 5) is 49.3. The molecule has 11 heteroatoms. The smallest absolute Gasteiger partial charge is 0.328 e. The van der Waals surface area contributed by atoms with E-state index in [9.17, 15) is 14.4 Å². The van der Waals surface area contributed by atoms with Crippen molar-refractivity contribution >= 4 is 29.5 Å². The van der Waals surface area contributed by atoms with Crippen molar-refractivity contribution in [3.05, 3.63) is 53.6 Å². The first kappa shape index (κ1) is 35.5. The zero-order valence-electron chi connectivity index (χ0n) is 28.0. The van der Waals surface area contributed by atoms with Crippen molar-refractivity contribution in [2.24, 2.45) is 11.8 Å². The van der Waals surface area contributed by atoms with Crippen LogP contribution in [0.1, 0.15) is 76.6 Å². The Morgan fingerprint density at radius 1 is 1.11 bits per heavy atom. The lowest BCUT2D eigenvalue weighted by Gasteiger charge is -2.35. The quantitative estimate of drug-likeness (QED) is 0.284. The summed E-state index contributed by atoms with van der Waals surface area (Å²) in [6, 6.07) is 8.58. The highest BCUT2D eigenvalue weighted by atomic mass is 32.2. The molecule has 2 aromatic rings. The number of carbonyl (C=O) groups is 3. The number of imidazole rings is 1. The molecule has 0 aliphatic carbocycles. The molecule has 1 aromatic heterocycles. The number of rotatable bonds is 15. The Bertz CT molecular complexity index is 1360. The van der Waals surface area contributed by atoms with Crippen molar-refractivity contribution in [2.75, 3.05) is 31.6 Å². The van der Waals surface area contributed by atoms with Crippen LogP contribution in [0.2, 0.25) is 0 Å². The topological polar surface area (TPSA) is 121 Å². The van der Waals surface area contributed by atoms with Crippen LogP contribution in [0.25, 0.3) is 0 Å². The highest BCUT2D eigenvalue weighted by Crippen LogP contribution is 2.33. The Morgan fingerprint density at radius 2 is 1.83 bits per heavy atom. The van der Waals surface area contributed by atoms with Gasteiger partial charge in [-0.2, -0.15) is 17.0 Å². The molecule has 1 N–H and O–H groups in total. The Morgan fingerprint density at radius 3 is 2.48 bits per heavy atom. The highest BCUT2D eigenvalue weighted by Gasteiger charge is 2.44. The van der Waals surface area contributed by atoms with Gasteiger partial charge < -0.3 is 19.5 Å². The number of likely N-dealkylation sites (tertiary alicyclic amines) is 2. The maximum Gasteiger partial charge on any atom is 0.328 e. The molecule has 4 rings (SSSR count). The van der Waals surface area contributed by atoms with E-state index in [0.717, 1.165) is 49.2 Å². The lowest BCUT2D eigenvalue weighted by atomic mass is 9.94. The number of nitriles is 1. The zero-order chi connectivity index (χ0) is 33.2. The Balaban J connectivity index is 1.46. The molecule has 250 valence electrons. The maximum atomic E-state index is 13.9. The molecule has 2 amide bonds. The van der Waals surface area contributed by atoms with Crippen LogP contribution in [-0.4, -0.2) is 93.0 Å². The average molecular weight is 651 g/mol. The first-order valence-corrected chi connectivity index (χ1v) is 18.1. The van der Waals surface area contributed by atoms with Crippen LogP contribution in [-0.2, 0) is 32.1 Å². The van der Waals surface area contributed by atoms with E-state index in [1.807, 2.05) is 41.7 Å². The predicted molar refractivity (Wildman–Crippen MR) is 180 cm³/mol. The van der Waals surface area contributed by atoms with Crippen molar-refractivity contribution in [2.45, 2.75) is 97.0 Å². The van der Waals surface area contributed by atoms with Gasteiger partial charge in [0.1, 0.15) is 6.04 Å². The summed E-state index contributed by atoms with van der Waals surface area (Å²) >= 11 is 1.64. The van der Waals surface area contributed by atoms with Gasteiger partial charge in [0.15, 0.2) is 0 Å². The van der Waals surface area contributed by atoms with Gasteiger partial charge in [0.25, 0.3) is 0 Å². The fourth-order valence-electron chi connectivity index (χ4n) is 6.96. The molecular formula is C35H50N6O4S. The maximum absolute atomic E-state index is 13.9. The van der Waals surface area contributed by atoms with E-state index < -0.39 is 6.04 Å². The fourth-order valence-corrected chi connectivity index (χ4v) is 7.43. The van der Waals surface area contributed by atoms with Gasteiger partial charge in [-0.15, -0.1) is 0 Å². The standard InChI is InChI=1S/C35H50N6O4S/c1-6-27-13-16-41(32(42)18-29-20-37-23-40(29)21-26-10-8-25(19-36)9-11-26)31(27)22-39-15-12-28(7-2)33(39)34(43)38-30(14-17-46-5)35(44)45-24(3)4/h8-11,20,23-24,27-28,30-31,33H,6-7,12-18,21-22H2,1-5H3,(H,38,43)/t27-,28-,30-,31+,33-/m0/s1.